The van der Waals surface area contributed by atoms with Crippen LogP contribution < -0.4 is 10.1 Å². The van der Waals surface area contributed by atoms with E-state index in [2.05, 4.69) is 24.1 Å². The molecule has 7 heteroatoms. The molecule has 0 unspecified atom stereocenters. The number of rotatable bonds is 6. The number of hydrogen-bond acceptors (Lipinski definition) is 3. The van der Waals surface area contributed by atoms with E-state index >= 15 is 0 Å². The summed E-state index contributed by atoms with van der Waals surface area (Å²) in [5.41, 5.74) is -0.169. The maximum Gasteiger partial charge on any atom is 0.416 e. The molecule has 0 radical (unpaired) electrons. The zero-order valence-electron chi connectivity index (χ0n) is 18.8. The van der Waals surface area contributed by atoms with Crippen molar-refractivity contribution in [2.24, 2.45) is 5.92 Å². The molecule has 1 aliphatic rings. The van der Waals surface area contributed by atoms with Gasteiger partial charge in [0.2, 0.25) is 0 Å². The van der Waals surface area contributed by atoms with Crippen LogP contribution in [0.2, 0.25) is 0 Å². The number of alkyl halides is 3. The van der Waals surface area contributed by atoms with E-state index in [-0.39, 0.29) is 11.9 Å². The summed E-state index contributed by atoms with van der Waals surface area (Å²) in [7, 11) is 0. The lowest BCUT2D eigenvalue weighted by atomic mass is 9.91. The number of amides is 1. The number of halogens is 3. The van der Waals surface area contributed by atoms with Gasteiger partial charge in [-0.1, -0.05) is 12.1 Å². The Labute approximate surface area is 191 Å². The highest BCUT2D eigenvalue weighted by atomic mass is 19.4. The van der Waals surface area contributed by atoms with Crippen LogP contribution >= 0.6 is 0 Å². The van der Waals surface area contributed by atoms with Crippen molar-refractivity contribution in [3.8, 4) is 11.5 Å². The molecule has 3 aromatic rings. The van der Waals surface area contributed by atoms with Gasteiger partial charge < -0.3 is 15.0 Å². The monoisotopic (exact) mass is 456 g/mol. The van der Waals surface area contributed by atoms with Gasteiger partial charge in [0, 0.05) is 42.0 Å². The number of carbonyl (C=O) groups excluding carboxylic acids is 1. The van der Waals surface area contributed by atoms with Crippen molar-refractivity contribution in [1.29, 1.82) is 0 Å². The molecular weight excluding hydrogens is 429 g/mol. The van der Waals surface area contributed by atoms with E-state index in [9.17, 15) is 18.0 Å². The van der Waals surface area contributed by atoms with Gasteiger partial charge in [-0.2, -0.15) is 13.2 Å². The van der Waals surface area contributed by atoms with Crippen LogP contribution in [-0.4, -0.2) is 36.0 Å². The van der Waals surface area contributed by atoms with Gasteiger partial charge in [-0.25, -0.2) is 0 Å². The Bertz CT molecular complexity index is 1140. The maximum absolute atomic E-state index is 12.8. The number of nitrogens with zero attached hydrogens (tertiary/aromatic N) is 1. The van der Waals surface area contributed by atoms with E-state index in [1.165, 1.54) is 12.1 Å². The molecule has 33 heavy (non-hydrogen) atoms. The molecule has 0 saturated carbocycles. The maximum atomic E-state index is 12.8. The first kappa shape index (κ1) is 23.1. The molecule has 1 saturated heterocycles. The van der Waals surface area contributed by atoms with E-state index in [1.807, 2.05) is 13.0 Å². The van der Waals surface area contributed by atoms with E-state index in [0.29, 0.717) is 29.0 Å². The lowest BCUT2D eigenvalue weighted by molar-refractivity contribution is -0.137. The molecule has 1 heterocycles. The molecule has 0 bridgehead atoms. The normalized spacial score (nSPS) is 16.0. The van der Waals surface area contributed by atoms with Crippen LogP contribution in [0.15, 0.2) is 60.7 Å². The summed E-state index contributed by atoms with van der Waals surface area (Å²) < 4.78 is 44.2. The van der Waals surface area contributed by atoms with Gasteiger partial charge in [0.25, 0.3) is 5.91 Å². The van der Waals surface area contributed by atoms with Crippen LogP contribution in [0.1, 0.15) is 36.7 Å². The van der Waals surface area contributed by atoms with E-state index < -0.39 is 11.7 Å². The summed E-state index contributed by atoms with van der Waals surface area (Å²) in [6.45, 7) is 8.36. The average Bonchev–Trinajstić information content (AvgIpc) is 2.72. The number of likely N-dealkylation sites (tertiary alicyclic amines) is 1. The molecule has 1 fully saturated rings. The van der Waals surface area contributed by atoms with Gasteiger partial charge in [0.05, 0.1) is 5.56 Å². The largest absolute Gasteiger partial charge is 0.457 e. The summed E-state index contributed by atoms with van der Waals surface area (Å²) in [6.07, 6.45) is -4.39. The topological polar surface area (TPSA) is 41.6 Å². The molecule has 0 aromatic heterocycles. The second-order valence-corrected chi connectivity index (χ2v) is 8.89. The van der Waals surface area contributed by atoms with Gasteiger partial charge >= 0.3 is 6.18 Å². The first-order valence-electron chi connectivity index (χ1n) is 11.0. The predicted molar refractivity (Wildman–Crippen MR) is 123 cm³/mol. The Morgan fingerprint density at radius 1 is 1.03 bits per heavy atom. The van der Waals surface area contributed by atoms with Crippen LogP contribution in [-0.2, 0) is 6.18 Å². The lowest BCUT2D eigenvalue weighted by Crippen LogP contribution is -2.57. The average molecular weight is 457 g/mol. The van der Waals surface area contributed by atoms with Crippen molar-refractivity contribution >= 4 is 16.7 Å². The fourth-order valence-corrected chi connectivity index (χ4v) is 4.02. The molecule has 4 nitrogen and oxygen atoms in total. The molecule has 0 spiro atoms. The summed E-state index contributed by atoms with van der Waals surface area (Å²) in [5, 5.41) is 4.69. The SMILES string of the molecule is CC(C)N1CC([C@@H](C)NC(=O)c2ccc3c(Oc4ccc(C(F)(F)F)cc4)cccc3c2)C1. The third kappa shape index (κ3) is 5.14. The lowest BCUT2D eigenvalue weighted by Gasteiger charge is -2.45. The Morgan fingerprint density at radius 3 is 2.36 bits per heavy atom. The number of nitrogens with one attached hydrogen (secondary N) is 1. The fourth-order valence-electron chi connectivity index (χ4n) is 4.02. The van der Waals surface area contributed by atoms with Crippen molar-refractivity contribution < 1.29 is 22.7 Å². The van der Waals surface area contributed by atoms with Gasteiger partial charge in [-0.15, -0.1) is 0 Å². The number of carbonyl (C=O) groups is 1. The van der Waals surface area contributed by atoms with Gasteiger partial charge in [-0.3, -0.25) is 4.79 Å². The quantitative estimate of drug-likeness (QED) is 0.487. The van der Waals surface area contributed by atoms with E-state index in [4.69, 9.17) is 4.74 Å². The van der Waals surface area contributed by atoms with Gasteiger partial charge in [-0.05, 0) is 74.7 Å². The minimum absolute atomic E-state index is 0.0811. The van der Waals surface area contributed by atoms with Crippen LogP contribution in [0.3, 0.4) is 0 Å². The van der Waals surface area contributed by atoms with Crippen LogP contribution in [0, 0.1) is 5.92 Å². The van der Waals surface area contributed by atoms with Crippen molar-refractivity contribution in [3.63, 3.8) is 0 Å². The molecule has 1 N–H and O–H groups in total. The standard InChI is InChI=1S/C26H27F3N2O2/c1-16(2)31-14-20(15-31)17(3)30-25(32)19-7-12-23-18(13-19)5-4-6-24(23)33-22-10-8-21(9-11-22)26(27,28)29/h4-13,16-17,20H,14-15H2,1-3H3,(H,30,32)/t17-/m1/s1. The molecule has 1 amide bonds. The highest BCUT2D eigenvalue weighted by molar-refractivity contribution is 6.00. The third-order valence-electron chi connectivity index (χ3n) is 6.25. The Balaban J connectivity index is 1.46. The fraction of sp³-hybridized carbons (Fsp3) is 0.346. The Hall–Kier alpha value is -3.06. The summed E-state index contributed by atoms with van der Waals surface area (Å²) in [6, 6.07) is 15.9. The highest BCUT2D eigenvalue weighted by Crippen LogP contribution is 2.34. The first-order valence-corrected chi connectivity index (χ1v) is 11.0. The second kappa shape index (κ2) is 9.06. The van der Waals surface area contributed by atoms with E-state index in [0.717, 1.165) is 36.0 Å². The van der Waals surface area contributed by atoms with Gasteiger partial charge in [0.1, 0.15) is 11.5 Å². The van der Waals surface area contributed by atoms with Gasteiger partial charge in [0.15, 0.2) is 0 Å². The highest BCUT2D eigenvalue weighted by Gasteiger charge is 2.33. The molecular formula is C26H27F3N2O2. The second-order valence-electron chi connectivity index (χ2n) is 8.89. The molecule has 0 aliphatic carbocycles. The molecule has 3 aromatic carbocycles. The number of ether oxygens (including phenoxy) is 1. The van der Waals surface area contributed by atoms with Crippen LogP contribution in [0.25, 0.3) is 10.8 Å². The molecule has 174 valence electrons. The van der Waals surface area contributed by atoms with Crippen molar-refractivity contribution in [2.75, 3.05) is 13.1 Å². The van der Waals surface area contributed by atoms with Crippen LogP contribution in [0.4, 0.5) is 13.2 Å². The van der Waals surface area contributed by atoms with Crippen molar-refractivity contribution in [2.45, 2.75) is 39.0 Å². The minimum Gasteiger partial charge on any atom is -0.457 e. The van der Waals surface area contributed by atoms with Crippen molar-refractivity contribution in [1.82, 2.24) is 10.2 Å². The zero-order valence-corrected chi connectivity index (χ0v) is 18.8. The van der Waals surface area contributed by atoms with E-state index in [1.54, 1.807) is 30.3 Å². The zero-order chi connectivity index (χ0) is 23.8. The van der Waals surface area contributed by atoms with Crippen molar-refractivity contribution in [3.05, 3.63) is 71.8 Å². The number of fused-ring (bicyclic) bond motifs is 1. The minimum atomic E-state index is -4.39. The predicted octanol–water partition coefficient (Wildman–Crippen LogP) is 6.11. The number of benzene rings is 3. The summed E-state index contributed by atoms with van der Waals surface area (Å²) >= 11 is 0. The first-order chi connectivity index (χ1) is 15.6. The third-order valence-corrected chi connectivity index (χ3v) is 6.25. The summed E-state index contributed by atoms with van der Waals surface area (Å²) in [4.78, 5) is 15.2. The molecule has 1 atom stereocenters. The Kier molecular flexibility index (Phi) is 6.34. The van der Waals surface area contributed by atoms with Crippen LogP contribution in [0.5, 0.6) is 11.5 Å². The molecule has 4 rings (SSSR count). The smallest absolute Gasteiger partial charge is 0.416 e. The summed E-state index contributed by atoms with van der Waals surface area (Å²) in [5.74, 6) is 1.14. The Morgan fingerprint density at radius 2 is 1.73 bits per heavy atom. The number of hydrogen-bond donors (Lipinski definition) is 1. The molecule has 1 aliphatic heterocycles.